The zero-order chi connectivity index (χ0) is 11.4. The number of rotatable bonds is 4. The molecule has 1 unspecified atom stereocenters. The Labute approximate surface area is 103 Å². The van der Waals surface area contributed by atoms with E-state index in [0.29, 0.717) is 4.83 Å². The third kappa shape index (κ3) is 2.76. The molecule has 1 atom stereocenters. The Hall–Kier alpha value is -1.03. The van der Waals surface area contributed by atoms with Gasteiger partial charge in [-0.1, -0.05) is 29.3 Å². The molecule has 0 saturated carbocycles. The first-order valence-electron chi connectivity index (χ1n) is 5.50. The molecule has 0 spiro atoms. The van der Waals surface area contributed by atoms with E-state index in [1.54, 1.807) is 12.4 Å². The zero-order valence-electron chi connectivity index (χ0n) is 9.23. The lowest BCUT2D eigenvalue weighted by Crippen LogP contribution is -2.04. The van der Waals surface area contributed by atoms with Crippen molar-refractivity contribution in [2.24, 2.45) is 0 Å². The summed E-state index contributed by atoms with van der Waals surface area (Å²) in [6.07, 6.45) is 6.66. The van der Waals surface area contributed by atoms with Gasteiger partial charge in [-0.25, -0.2) is 9.97 Å². The molecule has 0 aliphatic carbocycles. The summed E-state index contributed by atoms with van der Waals surface area (Å²) in [6.45, 7) is 2.19. The van der Waals surface area contributed by atoms with Crippen LogP contribution in [0.5, 0.6) is 0 Å². The standard InChI is InChI=1S/C12H14BrN3/c1-2-3-9(13)8-10-4-5-11-12(16-10)15-7-6-14-11/h4-7,9H,2-3,8H2,1H3. The molecular formula is C12H14BrN3. The molecule has 0 radical (unpaired) electrons. The number of hydrogen-bond donors (Lipinski definition) is 0. The fourth-order valence-corrected chi connectivity index (χ4v) is 2.44. The Kier molecular flexibility index (Phi) is 3.83. The van der Waals surface area contributed by atoms with Crippen molar-refractivity contribution in [1.82, 2.24) is 15.0 Å². The van der Waals surface area contributed by atoms with Crippen molar-refractivity contribution in [2.75, 3.05) is 0 Å². The van der Waals surface area contributed by atoms with E-state index >= 15 is 0 Å². The Morgan fingerprint density at radius 1 is 1.25 bits per heavy atom. The lowest BCUT2D eigenvalue weighted by molar-refractivity contribution is 0.735. The molecule has 4 heteroatoms. The highest BCUT2D eigenvalue weighted by Crippen LogP contribution is 2.15. The van der Waals surface area contributed by atoms with Crippen LogP contribution in [0.2, 0.25) is 0 Å². The topological polar surface area (TPSA) is 38.7 Å². The van der Waals surface area contributed by atoms with Gasteiger partial charge >= 0.3 is 0 Å². The molecule has 2 aromatic heterocycles. The van der Waals surface area contributed by atoms with Crippen LogP contribution in [-0.4, -0.2) is 19.8 Å². The van der Waals surface area contributed by atoms with Gasteiger partial charge in [0.1, 0.15) is 5.52 Å². The van der Waals surface area contributed by atoms with Crippen molar-refractivity contribution in [3.63, 3.8) is 0 Å². The van der Waals surface area contributed by atoms with Gasteiger partial charge in [0.2, 0.25) is 0 Å². The van der Waals surface area contributed by atoms with Crippen LogP contribution in [0.25, 0.3) is 11.2 Å². The first-order chi connectivity index (χ1) is 7.79. The van der Waals surface area contributed by atoms with Crippen LogP contribution in [0.15, 0.2) is 24.5 Å². The SMILES string of the molecule is CCCC(Br)Cc1ccc2nccnc2n1. The van der Waals surface area contributed by atoms with Crippen molar-refractivity contribution in [1.29, 1.82) is 0 Å². The molecule has 0 saturated heterocycles. The van der Waals surface area contributed by atoms with E-state index in [0.717, 1.165) is 23.3 Å². The highest BCUT2D eigenvalue weighted by molar-refractivity contribution is 9.09. The van der Waals surface area contributed by atoms with E-state index < -0.39 is 0 Å². The number of hydrogen-bond acceptors (Lipinski definition) is 3. The fourth-order valence-electron chi connectivity index (χ4n) is 1.65. The first-order valence-corrected chi connectivity index (χ1v) is 6.42. The summed E-state index contributed by atoms with van der Waals surface area (Å²) in [6, 6.07) is 4.01. The molecule has 2 heterocycles. The summed E-state index contributed by atoms with van der Waals surface area (Å²) in [4.78, 5) is 13.4. The fraction of sp³-hybridized carbons (Fsp3) is 0.417. The van der Waals surface area contributed by atoms with E-state index in [-0.39, 0.29) is 0 Å². The van der Waals surface area contributed by atoms with E-state index in [9.17, 15) is 0 Å². The Balaban J connectivity index is 2.19. The average molecular weight is 280 g/mol. The van der Waals surface area contributed by atoms with Gasteiger partial charge in [-0.2, -0.15) is 0 Å². The third-order valence-electron chi connectivity index (χ3n) is 2.42. The number of fused-ring (bicyclic) bond motifs is 1. The van der Waals surface area contributed by atoms with Crippen LogP contribution >= 0.6 is 15.9 Å². The van der Waals surface area contributed by atoms with Gasteiger partial charge in [0.15, 0.2) is 5.65 Å². The van der Waals surface area contributed by atoms with Gasteiger partial charge in [0.05, 0.1) is 0 Å². The number of aromatic nitrogens is 3. The maximum absolute atomic E-state index is 4.49. The third-order valence-corrected chi connectivity index (χ3v) is 3.20. The second-order valence-corrected chi connectivity index (χ2v) is 5.09. The van der Waals surface area contributed by atoms with Crippen molar-refractivity contribution < 1.29 is 0 Å². The van der Waals surface area contributed by atoms with Crippen molar-refractivity contribution in [3.8, 4) is 0 Å². The second-order valence-electron chi connectivity index (χ2n) is 3.79. The monoisotopic (exact) mass is 279 g/mol. The molecule has 0 fully saturated rings. The van der Waals surface area contributed by atoms with Gasteiger partial charge in [-0.05, 0) is 18.6 Å². The number of alkyl halides is 1. The molecule has 0 N–H and O–H groups in total. The van der Waals surface area contributed by atoms with Crippen molar-refractivity contribution in [3.05, 3.63) is 30.2 Å². The molecular weight excluding hydrogens is 266 g/mol. The van der Waals surface area contributed by atoms with E-state index in [4.69, 9.17) is 0 Å². The van der Waals surface area contributed by atoms with E-state index in [2.05, 4.69) is 37.8 Å². The minimum Gasteiger partial charge on any atom is -0.251 e. The highest BCUT2D eigenvalue weighted by atomic mass is 79.9. The predicted octanol–water partition coefficient (Wildman–Crippen LogP) is 3.13. The predicted molar refractivity (Wildman–Crippen MR) is 68.7 cm³/mol. The van der Waals surface area contributed by atoms with Crippen molar-refractivity contribution >= 4 is 27.1 Å². The van der Waals surface area contributed by atoms with Crippen LogP contribution in [0, 0.1) is 0 Å². The Morgan fingerprint density at radius 3 is 2.88 bits per heavy atom. The molecule has 0 aliphatic rings. The van der Waals surface area contributed by atoms with Crippen LogP contribution in [0.4, 0.5) is 0 Å². The minimum atomic E-state index is 0.499. The van der Waals surface area contributed by atoms with E-state index in [1.165, 1.54) is 12.8 Å². The van der Waals surface area contributed by atoms with Crippen LogP contribution in [-0.2, 0) is 6.42 Å². The summed E-state index contributed by atoms with van der Waals surface area (Å²) < 4.78 is 0. The maximum atomic E-state index is 4.49. The summed E-state index contributed by atoms with van der Waals surface area (Å²) >= 11 is 3.66. The molecule has 0 aliphatic heterocycles. The molecule has 2 rings (SSSR count). The number of nitrogens with zero attached hydrogens (tertiary/aromatic N) is 3. The quantitative estimate of drug-likeness (QED) is 0.808. The van der Waals surface area contributed by atoms with Gasteiger partial charge in [0, 0.05) is 29.3 Å². The molecule has 0 bridgehead atoms. The van der Waals surface area contributed by atoms with Gasteiger partial charge in [0.25, 0.3) is 0 Å². The number of halogens is 1. The number of pyridine rings is 1. The van der Waals surface area contributed by atoms with E-state index in [1.807, 2.05) is 12.1 Å². The molecule has 16 heavy (non-hydrogen) atoms. The van der Waals surface area contributed by atoms with Gasteiger partial charge < -0.3 is 0 Å². The Bertz CT molecular complexity index is 473. The molecule has 84 valence electrons. The zero-order valence-corrected chi connectivity index (χ0v) is 10.8. The lowest BCUT2D eigenvalue weighted by Gasteiger charge is -2.07. The summed E-state index contributed by atoms with van der Waals surface area (Å²) in [5.74, 6) is 0. The normalized spacial score (nSPS) is 12.9. The highest BCUT2D eigenvalue weighted by Gasteiger charge is 2.06. The minimum absolute atomic E-state index is 0.499. The molecule has 0 amide bonds. The average Bonchev–Trinajstić information content (AvgIpc) is 2.29. The molecule has 2 aromatic rings. The van der Waals surface area contributed by atoms with Crippen LogP contribution < -0.4 is 0 Å². The molecule has 0 aromatic carbocycles. The van der Waals surface area contributed by atoms with Crippen LogP contribution in [0.3, 0.4) is 0 Å². The largest absolute Gasteiger partial charge is 0.251 e. The summed E-state index contributed by atoms with van der Waals surface area (Å²) in [5.41, 5.74) is 2.66. The van der Waals surface area contributed by atoms with Crippen molar-refractivity contribution in [2.45, 2.75) is 31.0 Å². The van der Waals surface area contributed by atoms with Gasteiger partial charge in [-0.15, -0.1) is 0 Å². The molecule has 3 nitrogen and oxygen atoms in total. The summed E-state index contributed by atoms with van der Waals surface area (Å²) in [5, 5.41) is 0. The van der Waals surface area contributed by atoms with Crippen LogP contribution in [0.1, 0.15) is 25.5 Å². The smallest absolute Gasteiger partial charge is 0.178 e. The lowest BCUT2D eigenvalue weighted by atomic mass is 10.1. The Morgan fingerprint density at radius 2 is 2.06 bits per heavy atom. The van der Waals surface area contributed by atoms with Gasteiger partial charge in [-0.3, -0.25) is 4.98 Å². The second kappa shape index (κ2) is 5.34. The summed E-state index contributed by atoms with van der Waals surface area (Å²) in [7, 11) is 0. The maximum Gasteiger partial charge on any atom is 0.178 e. The first kappa shape index (κ1) is 11.5.